The van der Waals surface area contributed by atoms with E-state index < -0.39 is 11.6 Å². The van der Waals surface area contributed by atoms with Crippen molar-refractivity contribution < 1.29 is 19.1 Å². The number of amides is 1. The first-order valence-electron chi connectivity index (χ1n) is 6.47. The van der Waals surface area contributed by atoms with Crippen molar-refractivity contribution in [3.05, 3.63) is 54.8 Å². The Labute approximate surface area is 123 Å². The van der Waals surface area contributed by atoms with Gasteiger partial charge in [0.15, 0.2) is 0 Å². The third kappa shape index (κ3) is 2.42. The van der Waals surface area contributed by atoms with Crippen LogP contribution >= 0.6 is 0 Å². The third-order valence-electron chi connectivity index (χ3n) is 3.46. The van der Waals surface area contributed by atoms with E-state index in [2.05, 4.69) is 11.3 Å². The fourth-order valence-corrected chi connectivity index (χ4v) is 2.44. The van der Waals surface area contributed by atoms with Crippen LogP contribution < -0.4 is 4.90 Å². The lowest BCUT2D eigenvalue weighted by Crippen LogP contribution is -2.39. The second-order valence-electron chi connectivity index (χ2n) is 4.64. The molecule has 21 heavy (non-hydrogen) atoms. The number of methoxy groups -OCH3 is 1. The molecule has 1 aromatic rings. The van der Waals surface area contributed by atoms with Gasteiger partial charge >= 0.3 is 5.97 Å². The summed E-state index contributed by atoms with van der Waals surface area (Å²) < 4.78 is 10.2. The monoisotopic (exact) mass is 287 g/mol. The molecule has 0 bridgehead atoms. The normalized spacial score (nSPS) is 20.5. The maximum atomic E-state index is 12.6. The highest BCUT2D eigenvalue weighted by Gasteiger charge is 2.50. The van der Waals surface area contributed by atoms with Crippen LogP contribution in [-0.2, 0) is 24.7 Å². The fraction of sp³-hybridized carbons (Fsp3) is 0.250. The fourth-order valence-electron chi connectivity index (χ4n) is 2.44. The van der Waals surface area contributed by atoms with Gasteiger partial charge in [0, 0.05) is 19.0 Å². The number of likely N-dealkylation sites (N-methyl/N-ethyl adjacent to an activating group) is 1. The lowest BCUT2D eigenvalue weighted by molar-refractivity contribution is -0.138. The van der Waals surface area contributed by atoms with E-state index in [1.54, 1.807) is 18.0 Å². The van der Waals surface area contributed by atoms with E-state index in [-0.39, 0.29) is 5.91 Å². The lowest BCUT2D eigenvalue weighted by atomic mass is 9.91. The number of para-hydroxylation sites is 1. The van der Waals surface area contributed by atoms with Crippen molar-refractivity contribution in [2.24, 2.45) is 0 Å². The molecule has 0 spiro atoms. The number of nitrogens with zero attached hydrogens (tertiary/aromatic N) is 1. The summed E-state index contributed by atoms with van der Waals surface area (Å²) in [4.78, 5) is 25.3. The summed E-state index contributed by atoms with van der Waals surface area (Å²) in [5.74, 6) is -0.742. The first kappa shape index (κ1) is 14.8. The highest BCUT2D eigenvalue weighted by molar-refractivity contribution is 6.06. The van der Waals surface area contributed by atoms with E-state index in [0.717, 1.165) is 17.3 Å². The summed E-state index contributed by atoms with van der Waals surface area (Å²) in [6.45, 7) is 3.69. The Bertz CT molecular complexity index is 608. The smallest absolute Gasteiger partial charge is 0.333 e. The molecule has 1 aliphatic rings. The summed E-state index contributed by atoms with van der Waals surface area (Å²) in [6.07, 6.45) is 4.26. The van der Waals surface area contributed by atoms with Gasteiger partial charge in [0.2, 0.25) is 5.60 Å². The van der Waals surface area contributed by atoms with Crippen LogP contribution in [0.2, 0.25) is 0 Å². The molecule has 110 valence electrons. The third-order valence-corrected chi connectivity index (χ3v) is 3.46. The minimum atomic E-state index is -1.18. The number of rotatable bonds is 5. The van der Waals surface area contributed by atoms with Crippen molar-refractivity contribution in [2.45, 2.75) is 12.0 Å². The van der Waals surface area contributed by atoms with Crippen LogP contribution in [0.4, 0.5) is 5.69 Å². The molecule has 5 heteroatoms. The Hall–Kier alpha value is -2.56. The van der Waals surface area contributed by atoms with Crippen LogP contribution in [0, 0.1) is 0 Å². The lowest BCUT2D eigenvalue weighted by Gasteiger charge is -2.26. The van der Waals surface area contributed by atoms with Gasteiger partial charge in [-0.05, 0) is 6.07 Å². The predicted molar refractivity (Wildman–Crippen MR) is 78.6 cm³/mol. The molecule has 1 aromatic carbocycles. The van der Waals surface area contributed by atoms with Gasteiger partial charge in [-0.2, -0.15) is 0 Å². The van der Waals surface area contributed by atoms with Crippen LogP contribution in [0.1, 0.15) is 12.0 Å². The largest absolute Gasteiger partial charge is 0.480 e. The van der Waals surface area contributed by atoms with Crippen molar-refractivity contribution >= 4 is 17.6 Å². The molecule has 1 aliphatic heterocycles. The zero-order chi connectivity index (χ0) is 15.5. The molecule has 1 amide bonds. The topological polar surface area (TPSA) is 55.8 Å². The van der Waals surface area contributed by atoms with Gasteiger partial charge in [-0.25, -0.2) is 4.79 Å². The number of hydrogen-bond acceptors (Lipinski definition) is 4. The number of esters is 1. The van der Waals surface area contributed by atoms with Crippen molar-refractivity contribution in [3.8, 4) is 0 Å². The molecule has 5 nitrogen and oxygen atoms in total. The Morgan fingerprint density at radius 2 is 2.14 bits per heavy atom. The van der Waals surface area contributed by atoms with Gasteiger partial charge in [-0.1, -0.05) is 24.3 Å². The highest BCUT2D eigenvalue weighted by Crippen LogP contribution is 2.44. The standard InChI is InChI=1S/C16H17NO4/c1-4-10-16(21-11-9-14(18)20-3)12-7-5-6-8-13(12)17(2)15(16)19/h4-9,11H,1,10H2,2-3H3/b11-9+. The quantitative estimate of drug-likeness (QED) is 0.360. The number of anilines is 1. The first-order chi connectivity index (χ1) is 10.1. The Kier molecular flexibility index (Phi) is 4.12. The number of hydrogen-bond donors (Lipinski definition) is 0. The van der Waals surface area contributed by atoms with Gasteiger partial charge in [0.1, 0.15) is 0 Å². The van der Waals surface area contributed by atoms with Crippen LogP contribution in [0.5, 0.6) is 0 Å². The summed E-state index contributed by atoms with van der Waals surface area (Å²) in [5.41, 5.74) is 0.361. The molecule has 0 saturated heterocycles. The van der Waals surface area contributed by atoms with Gasteiger partial charge < -0.3 is 14.4 Å². The van der Waals surface area contributed by atoms with E-state index in [1.165, 1.54) is 13.4 Å². The van der Waals surface area contributed by atoms with Crippen LogP contribution in [-0.4, -0.2) is 26.0 Å². The zero-order valence-electron chi connectivity index (χ0n) is 12.0. The highest BCUT2D eigenvalue weighted by atomic mass is 16.5. The molecule has 0 fully saturated rings. The maximum Gasteiger partial charge on any atom is 0.333 e. The van der Waals surface area contributed by atoms with Crippen molar-refractivity contribution in [2.75, 3.05) is 19.1 Å². The molecule has 0 aliphatic carbocycles. The van der Waals surface area contributed by atoms with E-state index in [9.17, 15) is 9.59 Å². The number of benzene rings is 1. The average Bonchev–Trinajstić information content (AvgIpc) is 2.71. The Morgan fingerprint density at radius 1 is 1.43 bits per heavy atom. The van der Waals surface area contributed by atoms with Gasteiger partial charge in [-0.3, -0.25) is 4.79 Å². The van der Waals surface area contributed by atoms with E-state index in [4.69, 9.17) is 4.74 Å². The minimum Gasteiger partial charge on any atom is -0.480 e. The van der Waals surface area contributed by atoms with Crippen molar-refractivity contribution in [1.29, 1.82) is 0 Å². The summed E-state index contributed by atoms with van der Waals surface area (Å²) in [5, 5.41) is 0. The van der Waals surface area contributed by atoms with Crippen molar-refractivity contribution in [3.63, 3.8) is 0 Å². The molecule has 0 aromatic heterocycles. The van der Waals surface area contributed by atoms with Crippen LogP contribution in [0.15, 0.2) is 49.3 Å². The predicted octanol–water partition coefficient (Wildman–Crippen LogP) is 2.14. The molecule has 0 radical (unpaired) electrons. The van der Waals surface area contributed by atoms with E-state index in [1.807, 2.05) is 24.3 Å². The molecular formula is C16H17NO4. The van der Waals surface area contributed by atoms with E-state index in [0.29, 0.717) is 6.42 Å². The summed E-state index contributed by atoms with van der Waals surface area (Å²) >= 11 is 0. The first-order valence-corrected chi connectivity index (χ1v) is 6.47. The maximum absolute atomic E-state index is 12.6. The van der Waals surface area contributed by atoms with Gasteiger partial charge in [0.05, 0.1) is 25.1 Å². The Balaban J connectivity index is 2.42. The molecule has 1 atom stereocenters. The second-order valence-corrected chi connectivity index (χ2v) is 4.64. The second kappa shape index (κ2) is 5.83. The number of carbonyl (C=O) groups is 2. The van der Waals surface area contributed by atoms with Gasteiger partial charge in [-0.15, -0.1) is 6.58 Å². The SMILES string of the molecule is C=CCC1(O/C=C/C(=O)OC)C(=O)N(C)c2ccccc21. The van der Waals surface area contributed by atoms with E-state index >= 15 is 0 Å². The molecule has 0 saturated carbocycles. The summed E-state index contributed by atoms with van der Waals surface area (Å²) in [7, 11) is 2.97. The number of ether oxygens (including phenoxy) is 2. The molecule has 2 rings (SSSR count). The van der Waals surface area contributed by atoms with Crippen LogP contribution in [0.25, 0.3) is 0 Å². The zero-order valence-corrected chi connectivity index (χ0v) is 12.0. The molecule has 1 unspecified atom stereocenters. The molecule has 1 heterocycles. The van der Waals surface area contributed by atoms with Crippen molar-refractivity contribution in [1.82, 2.24) is 0 Å². The average molecular weight is 287 g/mol. The molecular weight excluding hydrogens is 270 g/mol. The summed E-state index contributed by atoms with van der Waals surface area (Å²) in [6, 6.07) is 7.39. The van der Waals surface area contributed by atoms with Crippen LogP contribution in [0.3, 0.4) is 0 Å². The minimum absolute atomic E-state index is 0.196. The Morgan fingerprint density at radius 3 is 2.81 bits per heavy atom. The molecule has 0 N–H and O–H groups in total. The number of carbonyl (C=O) groups excluding carboxylic acids is 2. The number of fused-ring (bicyclic) bond motifs is 1. The van der Waals surface area contributed by atoms with Gasteiger partial charge in [0.25, 0.3) is 5.91 Å².